The van der Waals surface area contributed by atoms with Gasteiger partial charge in [-0.2, -0.15) is 0 Å². The van der Waals surface area contributed by atoms with E-state index in [2.05, 4.69) is 122 Å². The predicted molar refractivity (Wildman–Crippen MR) is 243 cm³/mol. The number of hydrogen-bond donors (Lipinski definition) is 0. The summed E-state index contributed by atoms with van der Waals surface area (Å²) < 4.78 is 0. The molecule has 0 aliphatic heterocycles. The maximum Gasteiger partial charge on any atom is 0.164 e. The molecule has 0 N–H and O–H groups in total. The van der Waals surface area contributed by atoms with Crippen LogP contribution in [0, 0.1) is 0 Å². The molecule has 0 aliphatic rings. The third kappa shape index (κ3) is 6.14. The lowest BCUT2D eigenvalue weighted by Gasteiger charge is -2.18. The first-order valence-electron chi connectivity index (χ1n) is 19.4. The molecular weight excluding hydrogens is 705 g/mol. The molecule has 4 nitrogen and oxygen atoms in total. The molecule has 10 rings (SSSR count). The van der Waals surface area contributed by atoms with Gasteiger partial charge in [0, 0.05) is 33.8 Å². The van der Waals surface area contributed by atoms with Crippen LogP contribution >= 0.6 is 0 Å². The molecule has 58 heavy (non-hydrogen) atoms. The van der Waals surface area contributed by atoms with E-state index in [0.29, 0.717) is 17.5 Å². The van der Waals surface area contributed by atoms with Crippen molar-refractivity contribution in [2.75, 3.05) is 0 Å². The summed E-state index contributed by atoms with van der Waals surface area (Å²) >= 11 is 0. The Hall–Kier alpha value is -7.82. The highest BCUT2D eigenvalue weighted by atomic mass is 15.0. The van der Waals surface area contributed by atoms with E-state index >= 15 is 0 Å². The molecule has 10 aromatic rings. The number of para-hydroxylation sites is 1. The zero-order valence-corrected chi connectivity index (χ0v) is 31.7. The Balaban J connectivity index is 1.26. The molecule has 2 aromatic heterocycles. The zero-order valence-electron chi connectivity index (χ0n) is 31.7. The van der Waals surface area contributed by atoms with Gasteiger partial charge in [-0.25, -0.2) is 15.0 Å². The molecule has 0 saturated carbocycles. The van der Waals surface area contributed by atoms with Crippen LogP contribution in [-0.4, -0.2) is 19.9 Å². The lowest BCUT2D eigenvalue weighted by atomic mass is 9.86. The van der Waals surface area contributed by atoms with Gasteiger partial charge in [-0.05, 0) is 90.8 Å². The molecule has 0 radical (unpaired) electrons. The second-order valence-electron chi connectivity index (χ2n) is 14.3. The lowest BCUT2D eigenvalue weighted by Crippen LogP contribution is -2.00. The molecule has 272 valence electrons. The first kappa shape index (κ1) is 34.7. The summed E-state index contributed by atoms with van der Waals surface area (Å²) in [7, 11) is 0. The molecule has 0 bridgehead atoms. The Labute approximate surface area is 337 Å². The van der Waals surface area contributed by atoms with Crippen molar-refractivity contribution in [1.29, 1.82) is 0 Å². The first-order chi connectivity index (χ1) is 28.7. The van der Waals surface area contributed by atoms with Crippen molar-refractivity contribution in [3.63, 3.8) is 0 Å². The normalized spacial score (nSPS) is 11.2. The smallest absolute Gasteiger partial charge is 0.164 e. The Kier molecular flexibility index (Phi) is 8.77. The predicted octanol–water partition coefficient (Wildman–Crippen LogP) is 14.0. The second kappa shape index (κ2) is 14.7. The van der Waals surface area contributed by atoms with Crippen LogP contribution in [0.2, 0.25) is 0 Å². The standard InChI is InChI=1S/C54H36N4/c1-3-43-44(4-2)48-29-15-27-45(50(48)49-26-12-11-25-47(43)49)41-32-40(38-22-13-23-39(31-38)46-28-14-21-35-24-16-30-55-51(35)46)33-42(34-41)54-57-52(36-17-7-5-8-18-36)56-53(58-54)37-19-9-6-10-20-37/h3-34H,1-2H2. The second-order valence-corrected chi connectivity index (χ2v) is 14.3. The number of hydrogen-bond acceptors (Lipinski definition) is 4. The van der Waals surface area contributed by atoms with Crippen molar-refractivity contribution in [1.82, 2.24) is 19.9 Å². The zero-order chi connectivity index (χ0) is 39.0. The Morgan fingerprint density at radius 3 is 1.59 bits per heavy atom. The van der Waals surface area contributed by atoms with Gasteiger partial charge >= 0.3 is 0 Å². The van der Waals surface area contributed by atoms with Crippen LogP contribution in [0.25, 0.3) is 112 Å². The molecule has 0 spiro atoms. The number of rotatable bonds is 8. The van der Waals surface area contributed by atoms with E-state index in [0.717, 1.165) is 93.6 Å². The highest BCUT2D eigenvalue weighted by Gasteiger charge is 2.19. The molecule has 0 saturated heterocycles. The van der Waals surface area contributed by atoms with Crippen molar-refractivity contribution in [3.8, 4) is 67.5 Å². The van der Waals surface area contributed by atoms with Crippen LogP contribution in [0.15, 0.2) is 195 Å². The summed E-state index contributed by atoms with van der Waals surface area (Å²) in [5.41, 5.74) is 12.3. The highest BCUT2D eigenvalue weighted by molar-refractivity contribution is 6.19. The minimum atomic E-state index is 0.594. The van der Waals surface area contributed by atoms with Crippen molar-refractivity contribution in [2.45, 2.75) is 0 Å². The maximum atomic E-state index is 5.18. The van der Waals surface area contributed by atoms with E-state index in [9.17, 15) is 0 Å². The fourth-order valence-electron chi connectivity index (χ4n) is 8.19. The van der Waals surface area contributed by atoms with Crippen LogP contribution in [0.4, 0.5) is 0 Å². The van der Waals surface area contributed by atoms with E-state index in [4.69, 9.17) is 19.9 Å². The Morgan fingerprint density at radius 2 is 0.862 bits per heavy atom. The molecule has 0 aliphatic carbocycles. The largest absolute Gasteiger partial charge is 0.256 e. The van der Waals surface area contributed by atoms with Gasteiger partial charge in [-0.1, -0.05) is 171 Å². The van der Waals surface area contributed by atoms with Crippen LogP contribution in [0.3, 0.4) is 0 Å². The van der Waals surface area contributed by atoms with Crippen LogP contribution in [0.5, 0.6) is 0 Å². The molecule has 0 atom stereocenters. The van der Waals surface area contributed by atoms with E-state index in [1.165, 1.54) is 0 Å². The number of pyridine rings is 1. The van der Waals surface area contributed by atoms with Gasteiger partial charge in [0.2, 0.25) is 0 Å². The van der Waals surface area contributed by atoms with Crippen molar-refractivity contribution in [2.24, 2.45) is 0 Å². The number of fused-ring (bicyclic) bond motifs is 4. The molecule has 0 fully saturated rings. The van der Waals surface area contributed by atoms with Gasteiger partial charge in [-0.3, -0.25) is 4.98 Å². The van der Waals surface area contributed by atoms with E-state index in [-0.39, 0.29) is 0 Å². The fraction of sp³-hybridized carbons (Fsp3) is 0. The Bertz CT molecular complexity index is 3140. The summed E-state index contributed by atoms with van der Waals surface area (Å²) in [5.74, 6) is 1.83. The van der Waals surface area contributed by atoms with E-state index in [1.807, 2.05) is 85.1 Å². The quantitative estimate of drug-likeness (QED) is 0.146. The summed E-state index contributed by atoms with van der Waals surface area (Å²) in [6.45, 7) is 8.45. The third-order valence-electron chi connectivity index (χ3n) is 10.9. The fourth-order valence-corrected chi connectivity index (χ4v) is 8.19. The van der Waals surface area contributed by atoms with Gasteiger partial charge in [0.25, 0.3) is 0 Å². The minimum absolute atomic E-state index is 0.594. The number of benzene rings is 8. The molecule has 2 heterocycles. The summed E-state index contributed by atoms with van der Waals surface area (Å²) in [5, 5.41) is 5.68. The van der Waals surface area contributed by atoms with Gasteiger partial charge in [-0.15, -0.1) is 0 Å². The van der Waals surface area contributed by atoms with Crippen molar-refractivity contribution < 1.29 is 0 Å². The molecule has 8 aromatic carbocycles. The van der Waals surface area contributed by atoms with Gasteiger partial charge < -0.3 is 0 Å². The summed E-state index contributed by atoms with van der Waals surface area (Å²) in [4.78, 5) is 20.1. The van der Waals surface area contributed by atoms with Crippen LogP contribution in [-0.2, 0) is 0 Å². The van der Waals surface area contributed by atoms with E-state index in [1.54, 1.807) is 0 Å². The number of nitrogens with zero attached hydrogens (tertiary/aromatic N) is 4. The monoisotopic (exact) mass is 740 g/mol. The molecular formula is C54H36N4. The van der Waals surface area contributed by atoms with Crippen molar-refractivity contribution in [3.05, 3.63) is 206 Å². The molecule has 0 amide bonds. The first-order valence-corrected chi connectivity index (χ1v) is 19.4. The number of aromatic nitrogens is 4. The van der Waals surface area contributed by atoms with E-state index < -0.39 is 0 Å². The molecule has 0 unspecified atom stereocenters. The summed E-state index contributed by atoms with van der Waals surface area (Å²) in [6.07, 6.45) is 5.75. The summed E-state index contributed by atoms with van der Waals surface area (Å²) in [6, 6.07) is 61.2. The molecule has 4 heteroatoms. The lowest BCUT2D eigenvalue weighted by molar-refractivity contribution is 1.07. The van der Waals surface area contributed by atoms with Crippen LogP contribution in [0.1, 0.15) is 11.1 Å². The highest BCUT2D eigenvalue weighted by Crippen LogP contribution is 2.42. The SMILES string of the molecule is C=Cc1c(C=C)c2cccc(-c3cc(-c4cccc(-c5cccc6cccnc56)c4)cc(-c4nc(-c5ccccc5)nc(-c5ccccc5)n4)c3)c2c2ccccc12. The average molecular weight is 741 g/mol. The van der Waals surface area contributed by atoms with Gasteiger partial charge in [0.15, 0.2) is 17.5 Å². The Morgan fingerprint density at radius 1 is 0.362 bits per heavy atom. The van der Waals surface area contributed by atoms with Gasteiger partial charge in [0.1, 0.15) is 0 Å². The topological polar surface area (TPSA) is 51.6 Å². The van der Waals surface area contributed by atoms with Gasteiger partial charge in [0.05, 0.1) is 5.52 Å². The van der Waals surface area contributed by atoms with Crippen LogP contribution < -0.4 is 0 Å². The third-order valence-corrected chi connectivity index (χ3v) is 10.9. The van der Waals surface area contributed by atoms with Crippen molar-refractivity contribution >= 4 is 44.6 Å². The minimum Gasteiger partial charge on any atom is -0.256 e. The average Bonchev–Trinajstić information content (AvgIpc) is 3.31. The maximum absolute atomic E-state index is 5.18.